The van der Waals surface area contributed by atoms with Crippen LogP contribution in [0.1, 0.15) is 29.3 Å². The minimum Gasteiger partial charge on any atom is -0.508 e. The van der Waals surface area contributed by atoms with E-state index in [-0.39, 0.29) is 22.8 Å². The van der Waals surface area contributed by atoms with E-state index in [1.165, 1.54) is 6.07 Å². The van der Waals surface area contributed by atoms with Gasteiger partial charge in [0.15, 0.2) is 6.61 Å². The number of Topliss-reactive ketones (excluding diaryl/α,β-unsaturated/α-hetero) is 1. The van der Waals surface area contributed by atoms with Crippen molar-refractivity contribution >= 4 is 5.78 Å². The molecule has 23 heavy (non-hydrogen) atoms. The maximum atomic E-state index is 13.0. The lowest BCUT2D eigenvalue weighted by Crippen LogP contribution is -2.12. The highest BCUT2D eigenvalue weighted by molar-refractivity contribution is 6.00. The Morgan fingerprint density at radius 1 is 1.04 bits per heavy atom. The Bertz CT molecular complexity index is 709. The van der Waals surface area contributed by atoms with E-state index in [1.807, 2.05) is 6.92 Å². The number of benzene rings is 2. The number of phenolic OH excluding ortho intramolecular Hbond substituents is 2. The lowest BCUT2D eigenvalue weighted by molar-refractivity contribution is 0.0918. The topological polar surface area (TPSA) is 66.8 Å². The van der Waals surface area contributed by atoms with Gasteiger partial charge in [0.25, 0.3) is 0 Å². The van der Waals surface area contributed by atoms with Crippen molar-refractivity contribution in [2.75, 3.05) is 6.61 Å². The van der Waals surface area contributed by atoms with E-state index < -0.39 is 24.0 Å². The quantitative estimate of drug-likeness (QED) is 0.798. The van der Waals surface area contributed by atoms with E-state index in [1.54, 1.807) is 0 Å². The fraction of sp³-hybridized carbons (Fsp3) is 0.235. The van der Waals surface area contributed by atoms with Crippen LogP contribution in [0.25, 0.3) is 0 Å². The van der Waals surface area contributed by atoms with Gasteiger partial charge in [-0.1, -0.05) is 13.3 Å². The molecule has 0 spiro atoms. The first-order valence-electron chi connectivity index (χ1n) is 7.07. The van der Waals surface area contributed by atoms with Gasteiger partial charge in [-0.3, -0.25) is 4.79 Å². The highest BCUT2D eigenvalue weighted by Gasteiger charge is 2.16. The zero-order chi connectivity index (χ0) is 17.0. The van der Waals surface area contributed by atoms with Crippen LogP contribution in [0.5, 0.6) is 17.2 Å². The van der Waals surface area contributed by atoms with Gasteiger partial charge in [0.1, 0.15) is 28.9 Å². The van der Waals surface area contributed by atoms with Crippen molar-refractivity contribution in [1.29, 1.82) is 0 Å². The Hall–Kier alpha value is -2.63. The summed E-state index contributed by atoms with van der Waals surface area (Å²) in [6.07, 6.45) is 1.30. The van der Waals surface area contributed by atoms with Gasteiger partial charge in [0, 0.05) is 24.3 Å². The molecule has 122 valence electrons. The van der Waals surface area contributed by atoms with E-state index in [2.05, 4.69) is 0 Å². The molecule has 0 aliphatic carbocycles. The molecule has 0 saturated heterocycles. The maximum absolute atomic E-state index is 13.0. The molecule has 0 amide bonds. The van der Waals surface area contributed by atoms with Crippen LogP contribution in [0, 0.1) is 11.6 Å². The molecule has 4 nitrogen and oxygen atoms in total. The van der Waals surface area contributed by atoms with Gasteiger partial charge in [-0.25, -0.2) is 8.78 Å². The average Bonchev–Trinajstić information content (AvgIpc) is 2.47. The predicted molar refractivity (Wildman–Crippen MR) is 80.0 cm³/mol. The molecule has 0 atom stereocenters. The van der Waals surface area contributed by atoms with E-state index in [4.69, 9.17) is 4.74 Å². The van der Waals surface area contributed by atoms with Crippen molar-refractivity contribution in [3.63, 3.8) is 0 Å². The highest BCUT2D eigenvalue weighted by Crippen LogP contribution is 2.29. The van der Waals surface area contributed by atoms with Gasteiger partial charge in [-0.15, -0.1) is 0 Å². The minimum atomic E-state index is -0.815. The van der Waals surface area contributed by atoms with Crippen LogP contribution in [0.2, 0.25) is 0 Å². The molecule has 0 aliphatic heterocycles. The molecule has 2 aromatic rings. The third-order valence-corrected chi connectivity index (χ3v) is 3.22. The van der Waals surface area contributed by atoms with Crippen LogP contribution >= 0.6 is 0 Å². The van der Waals surface area contributed by atoms with Crippen molar-refractivity contribution in [3.8, 4) is 17.2 Å². The highest BCUT2D eigenvalue weighted by atomic mass is 19.1. The predicted octanol–water partition coefficient (Wildman–Crippen LogP) is 3.59. The SMILES string of the molecule is CCCc1cc(C(=O)COc2cc(F)cc(F)c2)c(O)cc1O. The molecule has 0 radical (unpaired) electrons. The number of hydrogen-bond acceptors (Lipinski definition) is 4. The Labute approximate surface area is 132 Å². The molecule has 2 aromatic carbocycles. The number of aryl methyl sites for hydroxylation is 1. The molecular formula is C17H16F2O4. The van der Waals surface area contributed by atoms with Gasteiger partial charge in [0.05, 0.1) is 5.56 Å². The molecule has 2 rings (SSSR count). The Morgan fingerprint density at radius 3 is 2.30 bits per heavy atom. The zero-order valence-electron chi connectivity index (χ0n) is 12.5. The molecule has 0 aromatic heterocycles. The van der Waals surface area contributed by atoms with Crippen molar-refractivity contribution in [1.82, 2.24) is 0 Å². The molecule has 0 aliphatic rings. The summed E-state index contributed by atoms with van der Waals surface area (Å²) in [5.74, 6) is -2.78. The van der Waals surface area contributed by atoms with Gasteiger partial charge in [0.2, 0.25) is 5.78 Å². The minimum absolute atomic E-state index is 0.0110. The Kier molecular flexibility index (Phi) is 5.16. The molecular weight excluding hydrogens is 306 g/mol. The van der Waals surface area contributed by atoms with Crippen LogP contribution in [0.4, 0.5) is 8.78 Å². The van der Waals surface area contributed by atoms with Crippen molar-refractivity contribution in [2.45, 2.75) is 19.8 Å². The summed E-state index contributed by atoms with van der Waals surface area (Å²) in [7, 11) is 0. The number of hydrogen-bond donors (Lipinski definition) is 2. The summed E-state index contributed by atoms with van der Waals surface area (Å²) in [6.45, 7) is 1.42. The molecule has 0 heterocycles. The standard InChI is InChI=1S/C17H16F2O4/c1-2-3-10-4-14(16(21)8-15(10)20)17(22)9-23-13-6-11(18)5-12(19)7-13/h4-8,20-21H,2-3,9H2,1H3. The normalized spacial score (nSPS) is 10.6. The smallest absolute Gasteiger partial charge is 0.203 e. The second-order valence-electron chi connectivity index (χ2n) is 5.07. The van der Waals surface area contributed by atoms with E-state index in [9.17, 15) is 23.8 Å². The fourth-order valence-corrected chi connectivity index (χ4v) is 2.15. The Balaban J connectivity index is 2.15. The third kappa shape index (κ3) is 4.18. The average molecular weight is 322 g/mol. The first-order chi connectivity index (χ1) is 10.9. The van der Waals surface area contributed by atoms with Crippen molar-refractivity contribution < 1.29 is 28.5 Å². The van der Waals surface area contributed by atoms with E-state index >= 15 is 0 Å². The maximum Gasteiger partial charge on any atom is 0.203 e. The third-order valence-electron chi connectivity index (χ3n) is 3.22. The summed E-state index contributed by atoms with van der Waals surface area (Å²) in [6, 6.07) is 5.09. The van der Waals surface area contributed by atoms with Gasteiger partial charge in [-0.2, -0.15) is 0 Å². The lowest BCUT2D eigenvalue weighted by atomic mass is 10.0. The van der Waals surface area contributed by atoms with Gasteiger partial charge < -0.3 is 14.9 Å². The molecule has 6 heteroatoms. The van der Waals surface area contributed by atoms with Crippen LogP contribution in [-0.2, 0) is 6.42 Å². The number of aromatic hydroxyl groups is 2. The molecule has 0 unspecified atom stereocenters. The van der Waals surface area contributed by atoms with Crippen LogP contribution in [0.3, 0.4) is 0 Å². The number of carbonyl (C=O) groups is 1. The summed E-state index contributed by atoms with van der Waals surface area (Å²) >= 11 is 0. The molecule has 0 saturated carbocycles. The van der Waals surface area contributed by atoms with Crippen LogP contribution in [0.15, 0.2) is 30.3 Å². The number of carbonyl (C=O) groups excluding carboxylic acids is 1. The molecule has 2 N–H and O–H groups in total. The Morgan fingerprint density at radius 2 is 1.70 bits per heavy atom. The summed E-state index contributed by atoms with van der Waals surface area (Å²) in [5.41, 5.74) is 0.522. The van der Waals surface area contributed by atoms with E-state index in [0.717, 1.165) is 24.6 Å². The first kappa shape index (κ1) is 16.7. The lowest BCUT2D eigenvalue weighted by Gasteiger charge is -2.10. The zero-order valence-corrected chi connectivity index (χ0v) is 12.5. The number of ketones is 1. The summed E-state index contributed by atoms with van der Waals surface area (Å²) in [5, 5.41) is 19.5. The van der Waals surface area contributed by atoms with Crippen LogP contribution < -0.4 is 4.74 Å². The van der Waals surface area contributed by atoms with Crippen LogP contribution in [-0.4, -0.2) is 22.6 Å². The monoisotopic (exact) mass is 322 g/mol. The largest absolute Gasteiger partial charge is 0.508 e. The van der Waals surface area contributed by atoms with Gasteiger partial charge >= 0.3 is 0 Å². The second-order valence-corrected chi connectivity index (χ2v) is 5.07. The molecule has 0 bridgehead atoms. The molecule has 0 fully saturated rings. The van der Waals surface area contributed by atoms with Crippen molar-refractivity contribution in [3.05, 3.63) is 53.1 Å². The summed E-state index contributed by atoms with van der Waals surface area (Å²) < 4.78 is 31.2. The first-order valence-corrected chi connectivity index (χ1v) is 7.07. The number of halogens is 2. The summed E-state index contributed by atoms with van der Waals surface area (Å²) in [4.78, 5) is 12.1. The second kappa shape index (κ2) is 7.09. The van der Waals surface area contributed by atoms with Gasteiger partial charge in [-0.05, 0) is 18.1 Å². The number of ether oxygens (including phenoxy) is 1. The number of rotatable bonds is 6. The van der Waals surface area contributed by atoms with E-state index in [0.29, 0.717) is 18.1 Å². The fourth-order valence-electron chi connectivity index (χ4n) is 2.15. The number of phenols is 2. The van der Waals surface area contributed by atoms with Crippen molar-refractivity contribution in [2.24, 2.45) is 0 Å².